The van der Waals surface area contributed by atoms with Crippen LogP contribution in [0.5, 0.6) is 11.5 Å². The van der Waals surface area contributed by atoms with E-state index < -0.39 is 0 Å². The number of ether oxygens (including phenoxy) is 1. The minimum absolute atomic E-state index is 0.0435. The normalized spacial score (nSPS) is 16.6. The monoisotopic (exact) mass is 380 g/mol. The van der Waals surface area contributed by atoms with E-state index in [1.54, 1.807) is 18.2 Å². The third-order valence-electron chi connectivity index (χ3n) is 4.27. The zero-order valence-corrected chi connectivity index (χ0v) is 15.8. The van der Waals surface area contributed by atoms with Crippen LogP contribution >= 0.6 is 11.8 Å². The lowest BCUT2D eigenvalue weighted by Crippen LogP contribution is -2.30. The standard InChI is InChI=1S/C21H20N2O3S/c1-2-26-19-10-15(8-9-18(19)24)16-11-20(25)23-21(17(16)12-22)27-13-14-6-4-3-5-7-14/h3-10,16,24H,2,11,13H2,1H3,(H,23,25)/t16-/m0/s1. The van der Waals surface area contributed by atoms with Crippen LogP contribution in [0.4, 0.5) is 0 Å². The molecular formula is C21H20N2O3S. The Labute approximate surface area is 162 Å². The highest BCUT2D eigenvalue weighted by Gasteiger charge is 2.30. The van der Waals surface area contributed by atoms with Crippen molar-refractivity contribution < 1.29 is 14.6 Å². The molecule has 2 N–H and O–H groups in total. The van der Waals surface area contributed by atoms with E-state index in [0.717, 1.165) is 11.1 Å². The Balaban J connectivity index is 1.91. The Bertz CT molecular complexity index is 903. The molecule has 1 heterocycles. The predicted molar refractivity (Wildman–Crippen MR) is 105 cm³/mol. The quantitative estimate of drug-likeness (QED) is 0.790. The van der Waals surface area contributed by atoms with Crippen LogP contribution in [0.3, 0.4) is 0 Å². The summed E-state index contributed by atoms with van der Waals surface area (Å²) in [6, 6.07) is 17.1. The summed E-state index contributed by atoms with van der Waals surface area (Å²) in [6.45, 7) is 2.25. The number of nitrogens with one attached hydrogen (secondary N) is 1. The van der Waals surface area contributed by atoms with Crippen molar-refractivity contribution in [2.75, 3.05) is 6.61 Å². The Morgan fingerprint density at radius 2 is 2.07 bits per heavy atom. The third-order valence-corrected chi connectivity index (χ3v) is 5.36. The summed E-state index contributed by atoms with van der Waals surface area (Å²) in [5, 5.41) is 23.1. The molecule has 0 radical (unpaired) electrons. The maximum absolute atomic E-state index is 12.3. The molecule has 138 valence electrons. The van der Waals surface area contributed by atoms with Crippen LogP contribution in [0.15, 0.2) is 59.1 Å². The van der Waals surface area contributed by atoms with E-state index in [0.29, 0.717) is 28.7 Å². The minimum atomic E-state index is -0.359. The Morgan fingerprint density at radius 1 is 1.30 bits per heavy atom. The van der Waals surface area contributed by atoms with E-state index in [-0.39, 0.29) is 24.0 Å². The molecule has 6 heteroatoms. The molecule has 1 aliphatic rings. The fourth-order valence-corrected chi connectivity index (χ4v) is 4.00. The topological polar surface area (TPSA) is 82.3 Å². The van der Waals surface area contributed by atoms with Gasteiger partial charge >= 0.3 is 0 Å². The predicted octanol–water partition coefficient (Wildman–Crippen LogP) is 4.06. The van der Waals surface area contributed by atoms with E-state index in [4.69, 9.17) is 4.74 Å². The second-order valence-electron chi connectivity index (χ2n) is 6.09. The first kappa shape index (κ1) is 18.9. The largest absolute Gasteiger partial charge is 0.504 e. The van der Waals surface area contributed by atoms with Gasteiger partial charge in [-0.25, -0.2) is 0 Å². The first-order chi connectivity index (χ1) is 13.1. The number of nitrogens with zero attached hydrogens (tertiary/aromatic N) is 1. The van der Waals surface area contributed by atoms with Gasteiger partial charge in [0.2, 0.25) is 5.91 Å². The minimum Gasteiger partial charge on any atom is -0.504 e. The molecule has 5 nitrogen and oxygen atoms in total. The number of hydrogen-bond acceptors (Lipinski definition) is 5. The number of phenolic OH excluding ortho intramolecular Hbond substituents is 1. The molecule has 0 unspecified atom stereocenters. The van der Waals surface area contributed by atoms with Gasteiger partial charge in [-0.2, -0.15) is 5.26 Å². The van der Waals surface area contributed by atoms with Gasteiger partial charge in [0.05, 0.1) is 23.3 Å². The van der Waals surface area contributed by atoms with Crippen LogP contribution in [0.2, 0.25) is 0 Å². The maximum atomic E-state index is 12.3. The number of carbonyl (C=O) groups excluding carboxylic acids is 1. The highest BCUT2D eigenvalue weighted by Crippen LogP contribution is 2.39. The maximum Gasteiger partial charge on any atom is 0.225 e. The fraction of sp³-hybridized carbons (Fsp3) is 0.238. The van der Waals surface area contributed by atoms with Gasteiger partial charge in [-0.3, -0.25) is 4.79 Å². The van der Waals surface area contributed by atoms with Crippen LogP contribution in [0.1, 0.15) is 30.4 Å². The third kappa shape index (κ3) is 4.44. The summed E-state index contributed by atoms with van der Waals surface area (Å²) in [5.74, 6) is 0.579. The first-order valence-electron chi connectivity index (χ1n) is 8.69. The molecule has 2 aromatic rings. The highest BCUT2D eigenvalue weighted by molar-refractivity contribution is 8.02. The van der Waals surface area contributed by atoms with Crippen molar-refractivity contribution >= 4 is 17.7 Å². The van der Waals surface area contributed by atoms with Crippen molar-refractivity contribution in [1.82, 2.24) is 5.32 Å². The molecule has 0 saturated heterocycles. The smallest absolute Gasteiger partial charge is 0.225 e. The van der Waals surface area contributed by atoms with Gasteiger partial charge < -0.3 is 15.2 Å². The number of amides is 1. The number of aromatic hydroxyl groups is 1. The Kier molecular flexibility index (Phi) is 6.05. The first-order valence-corrected chi connectivity index (χ1v) is 9.67. The highest BCUT2D eigenvalue weighted by atomic mass is 32.2. The van der Waals surface area contributed by atoms with Gasteiger partial charge in [-0.15, -0.1) is 11.8 Å². The van der Waals surface area contributed by atoms with Gasteiger partial charge in [0.1, 0.15) is 0 Å². The average Bonchev–Trinajstić information content (AvgIpc) is 2.68. The van der Waals surface area contributed by atoms with Crippen molar-refractivity contribution in [2.24, 2.45) is 0 Å². The van der Waals surface area contributed by atoms with E-state index in [2.05, 4.69) is 11.4 Å². The van der Waals surface area contributed by atoms with Gasteiger partial charge in [0.15, 0.2) is 11.5 Å². The lowest BCUT2D eigenvalue weighted by molar-refractivity contribution is -0.120. The molecule has 0 spiro atoms. The number of rotatable bonds is 6. The molecular weight excluding hydrogens is 360 g/mol. The molecule has 0 aliphatic carbocycles. The number of phenols is 1. The SMILES string of the molecule is CCOc1cc([C@@H]2CC(=O)NC(SCc3ccccc3)=C2C#N)ccc1O. The van der Waals surface area contributed by atoms with Crippen molar-refractivity contribution in [3.8, 4) is 17.6 Å². The van der Waals surface area contributed by atoms with Gasteiger partial charge in [0.25, 0.3) is 0 Å². The van der Waals surface area contributed by atoms with Crippen LogP contribution < -0.4 is 10.1 Å². The summed E-state index contributed by atoms with van der Waals surface area (Å²) in [5.41, 5.74) is 2.43. The molecule has 2 aromatic carbocycles. The van der Waals surface area contributed by atoms with Crippen molar-refractivity contribution in [2.45, 2.75) is 25.0 Å². The summed E-state index contributed by atoms with van der Waals surface area (Å²) in [6.07, 6.45) is 0.189. The number of carbonyl (C=O) groups is 1. The Morgan fingerprint density at radius 3 is 2.78 bits per heavy atom. The lowest BCUT2D eigenvalue weighted by Gasteiger charge is -2.25. The molecule has 0 aromatic heterocycles. The molecule has 1 amide bonds. The van der Waals surface area contributed by atoms with E-state index >= 15 is 0 Å². The second-order valence-corrected chi connectivity index (χ2v) is 7.08. The van der Waals surface area contributed by atoms with Crippen LogP contribution in [0, 0.1) is 11.3 Å². The van der Waals surface area contributed by atoms with Crippen LogP contribution in [-0.4, -0.2) is 17.6 Å². The summed E-state index contributed by atoms with van der Waals surface area (Å²) in [4.78, 5) is 12.3. The molecule has 3 rings (SSSR count). The van der Waals surface area contributed by atoms with Gasteiger partial charge in [-0.05, 0) is 30.2 Å². The molecule has 0 fully saturated rings. The van der Waals surface area contributed by atoms with Gasteiger partial charge in [-0.1, -0.05) is 36.4 Å². The second kappa shape index (κ2) is 8.65. The van der Waals surface area contributed by atoms with Crippen molar-refractivity contribution in [3.05, 3.63) is 70.3 Å². The number of allylic oxidation sites excluding steroid dienone is 1. The molecule has 0 saturated carbocycles. The van der Waals surface area contributed by atoms with Crippen LogP contribution in [0.25, 0.3) is 0 Å². The zero-order chi connectivity index (χ0) is 19.2. The number of hydrogen-bond donors (Lipinski definition) is 2. The number of nitriles is 1. The van der Waals surface area contributed by atoms with E-state index in [1.165, 1.54) is 11.8 Å². The summed E-state index contributed by atoms with van der Waals surface area (Å²) in [7, 11) is 0. The van der Waals surface area contributed by atoms with Gasteiger partial charge in [0, 0.05) is 18.1 Å². The average molecular weight is 380 g/mol. The van der Waals surface area contributed by atoms with E-state index in [1.807, 2.05) is 37.3 Å². The molecule has 0 bridgehead atoms. The number of benzene rings is 2. The van der Waals surface area contributed by atoms with Crippen molar-refractivity contribution in [1.29, 1.82) is 5.26 Å². The molecule has 1 aliphatic heterocycles. The molecule has 27 heavy (non-hydrogen) atoms. The van der Waals surface area contributed by atoms with Crippen LogP contribution in [-0.2, 0) is 10.5 Å². The number of thioether (sulfide) groups is 1. The Hall–Kier alpha value is -2.91. The summed E-state index contributed by atoms with van der Waals surface area (Å²) >= 11 is 1.45. The zero-order valence-electron chi connectivity index (χ0n) is 14.9. The fourth-order valence-electron chi connectivity index (χ4n) is 2.97. The van der Waals surface area contributed by atoms with E-state index in [9.17, 15) is 15.2 Å². The lowest BCUT2D eigenvalue weighted by atomic mass is 9.87. The summed E-state index contributed by atoms with van der Waals surface area (Å²) < 4.78 is 5.44. The van der Waals surface area contributed by atoms with Crippen molar-refractivity contribution in [3.63, 3.8) is 0 Å². The molecule has 1 atom stereocenters.